The third-order valence-electron chi connectivity index (χ3n) is 3.51. The number of rotatable bonds is 11. The molecule has 0 aliphatic rings. The lowest BCUT2D eigenvalue weighted by molar-refractivity contribution is -0.162. The fourth-order valence-electron chi connectivity index (χ4n) is 1.86. The molecule has 1 atom stereocenters. The second kappa shape index (κ2) is 10.1. The van der Waals surface area contributed by atoms with Gasteiger partial charge in [0.05, 0.1) is 12.4 Å². The maximum absolute atomic E-state index is 12.0. The lowest BCUT2D eigenvalue weighted by Crippen LogP contribution is -2.41. The first kappa shape index (κ1) is 21.9. The van der Waals surface area contributed by atoms with Gasteiger partial charge in [0.1, 0.15) is 6.61 Å². The average Bonchev–Trinajstić information content (AvgIpc) is 2.62. The molecule has 1 rings (SSSR count). The van der Waals surface area contributed by atoms with Crippen molar-refractivity contribution in [2.24, 2.45) is 10.5 Å². The van der Waals surface area contributed by atoms with E-state index in [1.807, 2.05) is 6.07 Å². The molecule has 26 heavy (non-hydrogen) atoms. The lowest BCUT2D eigenvalue weighted by atomic mass is 9.88. The summed E-state index contributed by atoms with van der Waals surface area (Å²) in [5, 5.41) is 13.4. The first-order chi connectivity index (χ1) is 12.2. The zero-order valence-corrected chi connectivity index (χ0v) is 15.6. The Hall–Kier alpha value is -2.13. The highest BCUT2D eigenvalue weighted by Gasteiger charge is 2.36. The van der Waals surface area contributed by atoms with Crippen LogP contribution in [0, 0.1) is 5.41 Å². The van der Waals surface area contributed by atoms with Crippen LogP contribution in [0.3, 0.4) is 0 Å². The van der Waals surface area contributed by atoms with Gasteiger partial charge >= 0.3 is 5.97 Å². The van der Waals surface area contributed by atoms with Gasteiger partial charge in [-0.15, -0.1) is 0 Å². The maximum atomic E-state index is 12.0. The number of azide groups is 1. The Labute approximate surface area is 152 Å². The van der Waals surface area contributed by atoms with Gasteiger partial charge < -0.3 is 9.84 Å². The van der Waals surface area contributed by atoms with Gasteiger partial charge in [-0.25, -0.2) is 4.79 Å². The number of carbonyl (C=O) groups excluding carboxylic acids is 1. The molecule has 0 saturated heterocycles. The fraction of sp³-hybridized carbons (Fsp3) is 0.562. The van der Waals surface area contributed by atoms with Crippen molar-refractivity contribution in [3.63, 3.8) is 0 Å². The number of hydrogen-bond donors (Lipinski definition) is 1. The van der Waals surface area contributed by atoms with Crippen LogP contribution in [0.4, 0.5) is 0 Å². The summed E-state index contributed by atoms with van der Waals surface area (Å²) in [6.07, 6.45) is -1.43. The van der Waals surface area contributed by atoms with Gasteiger partial charge in [0, 0.05) is 16.9 Å². The van der Waals surface area contributed by atoms with Crippen molar-refractivity contribution in [3.8, 4) is 0 Å². The van der Waals surface area contributed by atoms with E-state index in [0.717, 1.165) is 5.56 Å². The molecule has 9 nitrogen and oxygen atoms in total. The van der Waals surface area contributed by atoms with E-state index in [1.165, 1.54) is 13.8 Å². The minimum atomic E-state index is -3.86. The second-order valence-electron chi connectivity index (χ2n) is 6.32. The molecule has 0 spiro atoms. The minimum Gasteiger partial charge on any atom is -0.459 e. The molecule has 1 aromatic rings. The zero-order chi connectivity index (χ0) is 19.6. The van der Waals surface area contributed by atoms with Gasteiger partial charge in [-0.1, -0.05) is 49.3 Å². The van der Waals surface area contributed by atoms with E-state index >= 15 is 0 Å². The molecular weight excluding hydrogens is 362 g/mol. The average molecular weight is 385 g/mol. The van der Waals surface area contributed by atoms with Crippen molar-refractivity contribution >= 4 is 16.1 Å². The van der Waals surface area contributed by atoms with Gasteiger partial charge in [-0.05, 0) is 17.5 Å². The molecule has 0 bridgehead atoms. The number of nitrogens with zero attached hydrogens (tertiary/aromatic N) is 3. The summed E-state index contributed by atoms with van der Waals surface area (Å²) in [5.41, 5.74) is 7.73. The quantitative estimate of drug-likeness (QED) is 0.155. The molecule has 0 radical (unpaired) electrons. The van der Waals surface area contributed by atoms with Crippen LogP contribution in [0.25, 0.3) is 10.4 Å². The molecule has 0 aliphatic carbocycles. The topological polar surface area (TPSA) is 139 Å². The van der Waals surface area contributed by atoms with E-state index in [9.17, 15) is 18.3 Å². The van der Waals surface area contributed by atoms with Crippen LogP contribution in [0.15, 0.2) is 35.4 Å². The van der Waals surface area contributed by atoms with Crippen LogP contribution in [-0.2, 0) is 30.4 Å². The number of ether oxygens (including phenoxy) is 1. The number of esters is 1. The Morgan fingerprint density at radius 3 is 2.62 bits per heavy atom. The summed E-state index contributed by atoms with van der Waals surface area (Å²) in [5.74, 6) is -1.18. The highest BCUT2D eigenvalue weighted by Crippen LogP contribution is 2.23. The first-order valence-electron chi connectivity index (χ1n) is 7.94. The predicted octanol–water partition coefficient (Wildman–Crippen LogP) is 2.16. The van der Waals surface area contributed by atoms with Crippen LogP contribution in [0.2, 0.25) is 0 Å². The van der Waals surface area contributed by atoms with Crippen molar-refractivity contribution in [1.29, 1.82) is 0 Å². The van der Waals surface area contributed by atoms with E-state index in [2.05, 4.69) is 10.0 Å². The summed E-state index contributed by atoms with van der Waals surface area (Å²) in [6.45, 7) is 2.65. The molecular formula is C16H23N3O6S. The molecule has 0 fully saturated rings. The van der Waals surface area contributed by atoms with Crippen molar-refractivity contribution < 1.29 is 27.2 Å². The van der Waals surface area contributed by atoms with E-state index in [-0.39, 0.29) is 25.3 Å². The van der Waals surface area contributed by atoms with Gasteiger partial charge in [0.2, 0.25) is 0 Å². The lowest BCUT2D eigenvalue weighted by Gasteiger charge is -2.28. The molecule has 1 N–H and O–H groups in total. The number of aliphatic hydroxyl groups excluding tert-OH is 1. The third kappa shape index (κ3) is 7.83. The Morgan fingerprint density at radius 2 is 2.00 bits per heavy atom. The highest BCUT2D eigenvalue weighted by atomic mass is 32.2. The fourth-order valence-corrected chi connectivity index (χ4v) is 2.95. The predicted molar refractivity (Wildman–Crippen MR) is 94.4 cm³/mol. The Balaban J connectivity index is 2.51. The highest BCUT2D eigenvalue weighted by molar-refractivity contribution is 7.86. The molecule has 1 aromatic carbocycles. The van der Waals surface area contributed by atoms with Crippen LogP contribution >= 0.6 is 0 Å². The molecule has 0 aliphatic heterocycles. The first-order valence-corrected chi connectivity index (χ1v) is 9.52. The molecule has 0 amide bonds. The SMILES string of the molecule is CC(C)(COS(=O)(=O)CCCN=[N+]=[N-])C(O)C(=O)OCc1ccccc1. The molecule has 144 valence electrons. The van der Waals surface area contributed by atoms with Crippen LogP contribution in [0.5, 0.6) is 0 Å². The normalized spacial score (nSPS) is 12.9. The van der Waals surface area contributed by atoms with Crippen LogP contribution in [0.1, 0.15) is 25.8 Å². The monoisotopic (exact) mass is 385 g/mol. The van der Waals surface area contributed by atoms with Crippen LogP contribution in [-0.4, -0.2) is 44.5 Å². The summed E-state index contributed by atoms with van der Waals surface area (Å²) < 4.78 is 33.5. The van der Waals surface area contributed by atoms with Crippen molar-refractivity contribution in [3.05, 3.63) is 46.3 Å². The van der Waals surface area contributed by atoms with Crippen molar-refractivity contribution in [1.82, 2.24) is 0 Å². The number of carbonyl (C=O) groups is 1. The molecule has 1 unspecified atom stereocenters. The zero-order valence-electron chi connectivity index (χ0n) is 14.7. The van der Waals surface area contributed by atoms with Gasteiger partial charge in [-0.3, -0.25) is 4.18 Å². The van der Waals surface area contributed by atoms with E-state index in [4.69, 9.17) is 14.5 Å². The third-order valence-corrected chi connectivity index (χ3v) is 4.78. The van der Waals surface area contributed by atoms with Crippen molar-refractivity contribution in [2.75, 3.05) is 18.9 Å². The number of hydrogen-bond acceptors (Lipinski definition) is 7. The largest absolute Gasteiger partial charge is 0.459 e. The maximum Gasteiger partial charge on any atom is 0.335 e. The van der Waals surface area contributed by atoms with Gasteiger partial charge in [0.15, 0.2) is 6.10 Å². The van der Waals surface area contributed by atoms with Gasteiger partial charge in [0.25, 0.3) is 10.1 Å². The Kier molecular flexibility index (Phi) is 8.53. The molecule has 0 aromatic heterocycles. The standard InChI is InChI=1S/C16H23N3O6S/c1-16(2,12-25-26(22,23)10-6-9-18-19-17)14(20)15(21)24-11-13-7-4-3-5-8-13/h3-5,7-8,14,20H,6,9-12H2,1-2H3. The van der Waals surface area contributed by atoms with Crippen molar-refractivity contribution in [2.45, 2.75) is 33.0 Å². The summed E-state index contributed by atoms with van der Waals surface area (Å²) in [7, 11) is -3.86. The molecule has 0 saturated carbocycles. The Bertz CT molecular complexity index is 730. The summed E-state index contributed by atoms with van der Waals surface area (Å²) in [4.78, 5) is 14.5. The summed E-state index contributed by atoms with van der Waals surface area (Å²) >= 11 is 0. The number of aliphatic hydroxyl groups is 1. The molecule has 10 heteroatoms. The second-order valence-corrected chi connectivity index (χ2v) is 8.08. The van der Waals surface area contributed by atoms with E-state index in [0.29, 0.717) is 0 Å². The summed E-state index contributed by atoms with van der Waals surface area (Å²) in [6, 6.07) is 8.97. The smallest absolute Gasteiger partial charge is 0.335 e. The van der Waals surface area contributed by atoms with E-state index in [1.54, 1.807) is 24.3 Å². The number of benzene rings is 1. The minimum absolute atomic E-state index is 0.00534. The van der Waals surface area contributed by atoms with Crippen LogP contribution < -0.4 is 0 Å². The van der Waals surface area contributed by atoms with Gasteiger partial charge in [-0.2, -0.15) is 8.42 Å². The Morgan fingerprint density at radius 1 is 1.35 bits per heavy atom. The van der Waals surface area contributed by atoms with E-state index < -0.39 is 34.2 Å². The molecule has 0 heterocycles.